The van der Waals surface area contributed by atoms with Gasteiger partial charge < -0.3 is 0 Å². The summed E-state index contributed by atoms with van der Waals surface area (Å²) in [7, 11) is 0. The third-order valence-electron chi connectivity index (χ3n) is 4.19. The summed E-state index contributed by atoms with van der Waals surface area (Å²) in [5.74, 6) is 0. The largest absolute Gasteiger partial charge is 0.294 e. The van der Waals surface area contributed by atoms with Crippen LogP contribution in [0.25, 0.3) is 22.4 Å². The third-order valence-corrected chi connectivity index (χ3v) is 4.19. The highest BCUT2D eigenvalue weighted by molar-refractivity contribution is 5.81. The number of rotatable bonds is 3. The predicted molar refractivity (Wildman–Crippen MR) is 95.8 cm³/mol. The SMILES string of the molecule is Cc1ccc(-c2c(-c3ccccc3C)[nH]n(C(C)C)c2=O)cc1. The number of aromatic amines is 1. The van der Waals surface area contributed by atoms with Gasteiger partial charge in [0.15, 0.2) is 0 Å². The zero-order valence-electron chi connectivity index (χ0n) is 14.1. The van der Waals surface area contributed by atoms with Crippen LogP contribution in [0.3, 0.4) is 0 Å². The average Bonchev–Trinajstić information content (AvgIpc) is 2.86. The Labute approximate surface area is 136 Å². The summed E-state index contributed by atoms with van der Waals surface area (Å²) in [6, 6.07) is 16.4. The second-order valence-electron chi connectivity index (χ2n) is 6.31. The molecule has 2 aromatic carbocycles. The quantitative estimate of drug-likeness (QED) is 0.747. The van der Waals surface area contributed by atoms with Gasteiger partial charge in [0, 0.05) is 11.6 Å². The molecule has 1 aromatic heterocycles. The lowest BCUT2D eigenvalue weighted by Crippen LogP contribution is -2.19. The van der Waals surface area contributed by atoms with Crippen LogP contribution in [0.5, 0.6) is 0 Å². The molecule has 3 aromatic rings. The number of nitrogens with one attached hydrogen (secondary N) is 1. The number of benzene rings is 2. The smallest absolute Gasteiger partial charge is 0.275 e. The van der Waals surface area contributed by atoms with E-state index in [0.29, 0.717) is 0 Å². The van der Waals surface area contributed by atoms with E-state index >= 15 is 0 Å². The minimum Gasteiger partial charge on any atom is -0.294 e. The Kier molecular flexibility index (Phi) is 3.95. The van der Waals surface area contributed by atoms with Gasteiger partial charge in [-0.3, -0.25) is 9.89 Å². The van der Waals surface area contributed by atoms with Crippen molar-refractivity contribution in [2.24, 2.45) is 0 Å². The number of H-pyrrole nitrogens is 1. The summed E-state index contributed by atoms with van der Waals surface area (Å²) in [6.07, 6.45) is 0. The minimum atomic E-state index is 0.0297. The van der Waals surface area contributed by atoms with Crippen LogP contribution in [0.1, 0.15) is 31.0 Å². The molecule has 0 amide bonds. The summed E-state index contributed by atoms with van der Waals surface area (Å²) >= 11 is 0. The third kappa shape index (κ3) is 2.74. The van der Waals surface area contributed by atoms with Gasteiger partial charge in [0.1, 0.15) is 0 Å². The maximum atomic E-state index is 12.9. The van der Waals surface area contributed by atoms with Gasteiger partial charge in [0.05, 0.1) is 11.3 Å². The number of aryl methyl sites for hydroxylation is 2. The number of hydrogen-bond acceptors (Lipinski definition) is 1. The van der Waals surface area contributed by atoms with Gasteiger partial charge in [-0.05, 0) is 38.8 Å². The Balaban J connectivity index is 2.31. The number of aromatic nitrogens is 2. The summed E-state index contributed by atoms with van der Waals surface area (Å²) in [4.78, 5) is 12.9. The first-order valence-corrected chi connectivity index (χ1v) is 7.96. The van der Waals surface area contributed by atoms with E-state index in [1.54, 1.807) is 4.68 Å². The Morgan fingerprint density at radius 3 is 2.22 bits per heavy atom. The molecule has 3 heteroatoms. The van der Waals surface area contributed by atoms with Crippen molar-refractivity contribution in [3.8, 4) is 22.4 Å². The first kappa shape index (κ1) is 15.3. The van der Waals surface area contributed by atoms with Gasteiger partial charge in [0.25, 0.3) is 5.56 Å². The predicted octanol–water partition coefficient (Wildman–Crippen LogP) is 4.71. The molecule has 0 aliphatic carbocycles. The molecule has 0 saturated heterocycles. The van der Waals surface area contributed by atoms with Crippen LogP contribution in [-0.2, 0) is 0 Å². The van der Waals surface area contributed by atoms with Gasteiger partial charge in [-0.1, -0.05) is 54.1 Å². The van der Waals surface area contributed by atoms with Crippen LogP contribution in [-0.4, -0.2) is 9.78 Å². The van der Waals surface area contributed by atoms with Crippen LogP contribution in [0, 0.1) is 13.8 Å². The average molecular weight is 306 g/mol. The minimum absolute atomic E-state index is 0.0297. The highest BCUT2D eigenvalue weighted by Gasteiger charge is 2.19. The fraction of sp³-hybridized carbons (Fsp3) is 0.250. The molecule has 0 spiro atoms. The van der Waals surface area contributed by atoms with E-state index in [9.17, 15) is 4.79 Å². The zero-order valence-corrected chi connectivity index (χ0v) is 14.1. The van der Waals surface area contributed by atoms with E-state index in [4.69, 9.17) is 0 Å². The van der Waals surface area contributed by atoms with Crippen LogP contribution in [0.2, 0.25) is 0 Å². The highest BCUT2D eigenvalue weighted by Crippen LogP contribution is 2.30. The Hall–Kier alpha value is -2.55. The van der Waals surface area contributed by atoms with Crippen molar-refractivity contribution >= 4 is 0 Å². The Morgan fingerprint density at radius 2 is 1.61 bits per heavy atom. The molecule has 0 unspecified atom stereocenters. The number of hydrogen-bond donors (Lipinski definition) is 1. The highest BCUT2D eigenvalue weighted by atomic mass is 16.1. The van der Waals surface area contributed by atoms with Crippen LogP contribution in [0.15, 0.2) is 53.3 Å². The maximum Gasteiger partial charge on any atom is 0.275 e. The molecule has 23 heavy (non-hydrogen) atoms. The molecule has 3 rings (SSSR count). The molecule has 1 N–H and O–H groups in total. The molecule has 0 bridgehead atoms. The van der Waals surface area contributed by atoms with E-state index in [2.05, 4.69) is 31.1 Å². The molecule has 118 valence electrons. The van der Waals surface area contributed by atoms with Crippen molar-refractivity contribution in [3.05, 3.63) is 70.0 Å². The van der Waals surface area contributed by atoms with Crippen molar-refractivity contribution in [1.82, 2.24) is 9.78 Å². The van der Waals surface area contributed by atoms with Crippen molar-refractivity contribution < 1.29 is 0 Å². The van der Waals surface area contributed by atoms with Gasteiger partial charge >= 0.3 is 0 Å². The van der Waals surface area contributed by atoms with Gasteiger partial charge in [0.2, 0.25) is 0 Å². The number of nitrogens with zero attached hydrogens (tertiary/aromatic N) is 1. The van der Waals surface area contributed by atoms with Crippen molar-refractivity contribution in [2.45, 2.75) is 33.7 Å². The molecule has 0 fully saturated rings. The fourth-order valence-corrected chi connectivity index (χ4v) is 2.85. The van der Waals surface area contributed by atoms with E-state index in [1.807, 2.05) is 50.2 Å². The maximum absolute atomic E-state index is 12.9. The van der Waals surface area contributed by atoms with Crippen molar-refractivity contribution in [3.63, 3.8) is 0 Å². The molecule has 1 heterocycles. The zero-order chi connectivity index (χ0) is 16.6. The molecule has 0 atom stereocenters. The molecule has 3 nitrogen and oxygen atoms in total. The summed E-state index contributed by atoms with van der Waals surface area (Å²) < 4.78 is 1.71. The van der Waals surface area contributed by atoms with Crippen molar-refractivity contribution in [1.29, 1.82) is 0 Å². The first-order chi connectivity index (χ1) is 11.0. The fourth-order valence-electron chi connectivity index (χ4n) is 2.85. The van der Waals surface area contributed by atoms with E-state index in [-0.39, 0.29) is 11.6 Å². The van der Waals surface area contributed by atoms with Crippen molar-refractivity contribution in [2.75, 3.05) is 0 Å². The van der Waals surface area contributed by atoms with Gasteiger partial charge in [-0.2, -0.15) is 0 Å². The lowest BCUT2D eigenvalue weighted by atomic mass is 9.98. The normalized spacial score (nSPS) is 11.2. The summed E-state index contributed by atoms with van der Waals surface area (Å²) in [5.41, 5.74) is 6.03. The summed E-state index contributed by atoms with van der Waals surface area (Å²) in [5, 5.41) is 3.32. The van der Waals surface area contributed by atoms with E-state index in [0.717, 1.165) is 27.9 Å². The molecular formula is C20H22N2O. The monoisotopic (exact) mass is 306 g/mol. The Morgan fingerprint density at radius 1 is 0.957 bits per heavy atom. The van der Waals surface area contributed by atoms with E-state index < -0.39 is 0 Å². The second kappa shape index (κ2) is 5.92. The molecule has 0 aliphatic rings. The molecular weight excluding hydrogens is 284 g/mol. The molecule has 0 saturated carbocycles. The molecule has 0 aliphatic heterocycles. The van der Waals surface area contributed by atoms with Gasteiger partial charge in [-0.15, -0.1) is 0 Å². The van der Waals surface area contributed by atoms with Crippen LogP contribution in [0.4, 0.5) is 0 Å². The first-order valence-electron chi connectivity index (χ1n) is 7.96. The summed E-state index contributed by atoms with van der Waals surface area (Å²) in [6.45, 7) is 8.14. The van der Waals surface area contributed by atoms with Crippen LogP contribution >= 0.6 is 0 Å². The van der Waals surface area contributed by atoms with E-state index in [1.165, 1.54) is 5.56 Å². The lowest BCUT2D eigenvalue weighted by Gasteiger charge is -2.07. The topological polar surface area (TPSA) is 37.8 Å². The standard InChI is InChI=1S/C20H22N2O/c1-13(2)22-20(23)18(16-11-9-14(3)10-12-16)19(21-22)17-8-6-5-7-15(17)4/h5-13,21H,1-4H3. The lowest BCUT2D eigenvalue weighted by molar-refractivity contribution is 0.518. The Bertz CT molecular complexity index is 883. The van der Waals surface area contributed by atoms with Gasteiger partial charge in [-0.25, -0.2) is 4.68 Å². The second-order valence-corrected chi connectivity index (χ2v) is 6.31. The van der Waals surface area contributed by atoms with Crippen LogP contribution < -0.4 is 5.56 Å². The molecule has 0 radical (unpaired) electrons.